The van der Waals surface area contributed by atoms with Crippen molar-refractivity contribution in [2.45, 2.75) is 38.2 Å². The number of carbonyl (C=O) groups is 1. The summed E-state index contributed by atoms with van der Waals surface area (Å²) in [5, 5.41) is 19.4. The van der Waals surface area contributed by atoms with E-state index in [4.69, 9.17) is 5.11 Å². The van der Waals surface area contributed by atoms with Crippen LogP contribution in [-0.2, 0) is 0 Å². The van der Waals surface area contributed by atoms with E-state index < -0.39 is 12.1 Å². The van der Waals surface area contributed by atoms with Gasteiger partial charge in [-0.1, -0.05) is 37.5 Å². The maximum Gasteiger partial charge on any atom is 0.336 e. The lowest BCUT2D eigenvalue weighted by atomic mass is 9.81. The Labute approximate surface area is 101 Å². The molecular weight excluding hydrogens is 216 g/mol. The Kier molecular flexibility index (Phi) is 3.79. The molecule has 1 aromatic rings. The Balaban J connectivity index is 2.23. The van der Waals surface area contributed by atoms with Crippen molar-refractivity contribution in [1.29, 1.82) is 0 Å². The van der Waals surface area contributed by atoms with E-state index in [2.05, 4.69) is 0 Å². The number of rotatable bonds is 3. The average Bonchev–Trinajstić information content (AvgIpc) is 2.39. The molecule has 0 aromatic heterocycles. The Hall–Kier alpha value is -1.35. The van der Waals surface area contributed by atoms with E-state index in [-0.39, 0.29) is 11.5 Å². The van der Waals surface area contributed by atoms with E-state index in [9.17, 15) is 9.90 Å². The van der Waals surface area contributed by atoms with Gasteiger partial charge in [0, 0.05) is 0 Å². The maximum absolute atomic E-state index is 11.1. The normalized spacial score (nSPS) is 18.9. The zero-order valence-electron chi connectivity index (χ0n) is 9.80. The zero-order chi connectivity index (χ0) is 12.3. The minimum Gasteiger partial charge on any atom is -0.478 e. The van der Waals surface area contributed by atoms with Crippen LogP contribution in [0.25, 0.3) is 0 Å². The number of aliphatic hydroxyl groups excluding tert-OH is 1. The van der Waals surface area contributed by atoms with Crippen molar-refractivity contribution in [2.24, 2.45) is 5.92 Å². The highest BCUT2D eigenvalue weighted by Gasteiger charge is 2.26. The highest BCUT2D eigenvalue weighted by Crippen LogP contribution is 2.35. The number of aromatic carboxylic acids is 1. The fourth-order valence-electron chi connectivity index (χ4n) is 2.65. The highest BCUT2D eigenvalue weighted by atomic mass is 16.4. The smallest absolute Gasteiger partial charge is 0.336 e. The Morgan fingerprint density at radius 2 is 1.82 bits per heavy atom. The number of hydrogen-bond donors (Lipinski definition) is 2. The van der Waals surface area contributed by atoms with Gasteiger partial charge in [0.1, 0.15) is 0 Å². The monoisotopic (exact) mass is 234 g/mol. The van der Waals surface area contributed by atoms with E-state index >= 15 is 0 Å². The lowest BCUT2D eigenvalue weighted by Crippen LogP contribution is -2.18. The highest BCUT2D eigenvalue weighted by molar-refractivity contribution is 5.89. The predicted molar refractivity (Wildman–Crippen MR) is 64.9 cm³/mol. The molecule has 3 heteroatoms. The summed E-state index contributed by atoms with van der Waals surface area (Å²) in [5.74, 6) is -0.750. The van der Waals surface area contributed by atoms with Crippen LogP contribution in [0.5, 0.6) is 0 Å². The first-order chi connectivity index (χ1) is 8.20. The van der Waals surface area contributed by atoms with Gasteiger partial charge in [0.05, 0.1) is 11.7 Å². The molecule has 0 amide bonds. The number of benzene rings is 1. The summed E-state index contributed by atoms with van der Waals surface area (Å²) in [6.07, 6.45) is 4.85. The van der Waals surface area contributed by atoms with Gasteiger partial charge in [-0.15, -0.1) is 0 Å². The molecule has 1 unspecified atom stereocenters. The van der Waals surface area contributed by atoms with Crippen LogP contribution in [0.1, 0.15) is 54.1 Å². The molecule has 0 spiro atoms. The summed E-state index contributed by atoms with van der Waals surface area (Å²) < 4.78 is 0. The summed E-state index contributed by atoms with van der Waals surface area (Å²) in [5.41, 5.74) is 0.789. The number of carboxylic acid groups (broad SMARTS) is 1. The number of carboxylic acids is 1. The molecule has 17 heavy (non-hydrogen) atoms. The molecular formula is C14H18O3. The molecule has 2 N–H and O–H groups in total. The third-order valence-corrected chi connectivity index (χ3v) is 3.61. The van der Waals surface area contributed by atoms with Crippen molar-refractivity contribution in [2.75, 3.05) is 0 Å². The van der Waals surface area contributed by atoms with Gasteiger partial charge in [0.2, 0.25) is 0 Å². The minimum atomic E-state index is -0.963. The van der Waals surface area contributed by atoms with E-state index in [0.717, 1.165) is 25.7 Å². The Morgan fingerprint density at radius 1 is 1.18 bits per heavy atom. The molecule has 0 heterocycles. The van der Waals surface area contributed by atoms with Crippen molar-refractivity contribution >= 4 is 5.97 Å². The average molecular weight is 234 g/mol. The van der Waals surface area contributed by atoms with Crippen LogP contribution in [0.15, 0.2) is 24.3 Å². The second-order valence-electron chi connectivity index (χ2n) is 4.74. The third kappa shape index (κ3) is 2.67. The second kappa shape index (κ2) is 5.32. The van der Waals surface area contributed by atoms with Crippen LogP contribution in [0.3, 0.4) is 0 Å². The molecule has 0 bridgehead atoms. The van der Waals surface area contributed by atoms with E-state index in [1.54, 1.807) is 24.3 Å². The molecule has 2 rings (SSSR count). The first kappa shape index (κ1) is 12.1. The standard InChI is InChI=1S/C14H18O3/c15-13(10-6-2-1-3-7-10)11-8-4-5-9-12(11)14(16)17/h4-5,8-10,13,15H,1-3,6-7H2,(H,16,17). The van der Waals surface area contributed by atoms with E-state index in [1.807, 2.05) is 0 Å². The van der Waals surface area contributed by atoms with Gasteiger partial charge in [-0.2, -0.15) is 0 Å². The fraction of sp³-hybridized carbons (Fsp3) is 0.500. The van der Waals surface area contributed by atoms with Crippen molar-refractivity contribution in [1.82, 2.24) is 0 Å². The van der Waals surface area contributed by atoms with Crippen molar-refractivity contribution in [3.63, 3.8) is 0 Å². The van der Waals surface area contributed by atoms with Gasteiger partial charge >= 0.3 is 5.97 Å². The lowest BCUT2D eigenvalue weighted by Gasteiger charge is -2.27. The molecule has 1 aromatic carbocycles. The maximum atomic E-state index is 11.1. The molecule has 1 aliphatic rings. The van der Waals surface area contributed by atoms with Crippen LogP contribution in [0.2, 0.25) is 0 Å². The van der Waals surface area contributed by atoms with Crippen molar-refractivity contribution in [3.05, 3.63) is 35.4 Å². The minimum absolute atomic E-state index is 0.212. The van der Waals surface area contributed by atoms with Crippen LogP contribution in [0, 0.1) is 5.92 Å². The second-order valence-corrected chi connectivity index (χ2v) is 4.74. The lowest BCUT2D eigenvalue weighted by molar-refractivity contribution is 0.0657. The fourth-order valence-corrected chi connectivity index (χ4v) is 2.65. The van der Waals surface area contributed by atoms with Gasteiger partial charge in [-0.25, -0.2) is 4.79 Å². The first-order valence-corrected chi connectivity index (χ1v) is 6.20. The number of hydrogen-bond acceptors (Lipinski definition) is 2. The van der Waals surface area contributed by atoms with Gasteiger partial charge in [0.15, 0.2) is 0 Å². The Bertz CT molecular complexity index is 394. The number of aliphatic hydroxyl groups is 1. The van der Waals surface area contributed by atoms with Crippen LogP contribution >= 0.6 is 0 Å². The van der Waals surface area contributed by atoms with Gasteiger partial charge in [0.25, 0.3) is 0 Å². The third-order valence-electron chi connectivity index (χ3n) is 3.61. The molecule has 1 atom stereocenters. The van der Waals surface area contributed by atoms with Gasteiger partial charge in [-0.05, 0) is 30.4 Å². The molecule has 1 saturated carbocycles. The van der Waals surface area contributed by atoms with Gasteiger partial charge in [-0.3, -0.25) is 0 Å². The van der Waals surface area contributed by atoms with Crippen LogP contribution in [-0.4, -0.2) is 16.2 Å². The summed E-state index contributed by atoms with van der Waals surface area (Å²) in [7, 11) is 0. The Morgan fingerprint density at radius 3 is 2.47 bits per heavy atom. The first-order valence-electron chi connectivity index (χ1n) is 6.20. The summed E-state index contributed by atoms with van der Waals surface area (Å²) >= 11 is 0. The zero-order valence-corrected chi connectivity index (χ0v) is 9.80. The topological polar surface area (TPSA) is 57.5 Å². The molecule has 1 fully saturated rings. The van der Waals surface area contributed by atoms with Crippen LogP contribution in [0.4, 0.5) is 0 Å². The largest absolute Gasteiger partial charge is 0.478 e. The molecule has 3 nitrogen and oxygen atoms in total. The molecule has 0 aliphatic heterocycles. The van der Waals surface area contributed by atoms with Crippen molar-refractivity contribution < 1.29 is 15.0 Å². The molecule has 0 saturated heterocycles. The van der Waals surface area contributed by atoms with Gasteiger partial charge < -0.3 is 10.2 Å². The molecule has 0 radical (unpaired) electrons. The predicted octanol–water partition coefficient (Wildman–Crippen LogP) is 3.00. The van der Waals surface area contributed by atoms with Crippen molar-refractivity contribution in [3.8, 4) is 0 Å². The van der Waals surface area contributed by atoms with E-state index in [1.165, 1.54) is 6.42 Å². The molecule has 1 aliphatic carbocycles. The molecule has 92 valence electrons. The van der Waals surface area contributed by atoms with Crippen LogP contribution < -0.4 is 0 Å². The SMILES string of the molecule is O=C(O)c1ccccc1C(O)C1CCCCC1. The summed E-state index contributed by atoms with van der Waals surface area (Å²) in [6.45, 7) is 0. The summed E-state index contributed by atoms with van der Waals surface area (Å²) in [6, 6.07) is 6.76. The summed E-state index contributed by atoms with van der Waals surface area (Å²) in [4.78, 5) is 11.1. The quantitative estimate of drug-likeness (QED) is 0.845. The van der Waals surface area contributed by atoms with E-state index in [0.29, 0.717) is 5.56 Å².